The molecule has 0 saturated carbocycles. The van der Waals surface area contributed by atoms with Crippen LogP contribution in [-0.2, 0) is 4.74 Å². The van der Waals surface area contributed by atoms with Crippen LogP contribution < -0.4 is 10.6 Å². The van der Waals surface area contributed by atoms with Crippen molar-refractivity contribution in [2.75, 3.05) is 26.2 Å². The van der Waals surface area contributed by atoms with Crippen molar-refractivity contribution in [1.82, 2.24) is 10.6 Å². The summed E-state index contributed by atoms with van der Waals surface area (Å²) in [7, 11) is 0. The number of nitrogens with one attached hydrogen (secondary N) is 1. The van der Waals surface area contributed by atoms with E-state index in [2.05, 4.69) is 10.6 Å². The zero-order valence-corrected chi connectivity index (χ0v) is 5.76. The molecule has 1 fully saturated rings. The summed E-state index contributed by atoms with van der Waals surface area (Å²) in [5.74, 6) is 0. The highest BCUT2D eigenvalue weighted by atomic mass is 16.5. The summed E-state index contributed by atoms with van der Waals surface area (Å²) in [5.41, 5.74) is 0. The number of hydrogen-bond donors (Lipinski definition) is 1. The molecule has 0 amide bonds. The Labute approximate surface area is 55.8 Å². The topological polar surface area (TPSA) is 35.4 Å². The second-order valence-electron chi connectivity index (χ2n) is 2.02. The fourth-order valence-corrected chi connectivity index (χ4v) is 0.882. The maximum atomic E-state index is 5.25. The standard InChI is InChI=1S/C6H13N2O/c1-2-9-6-5-7-3-4-8-6/h6-7H,2-5H2,1H3. The van der Waals surface area contributed by atoms with Crippen LogP contribution in [0.2, 0.25) is 0 Å². The highest BCUT2D eigenvalue weighted by Gasteiger charge is 2.11. The fourth-order valence-electron chi connectivity index (χ4n) is 0.882. The Bertz CT molecular complexity index is 68.7. The second-order valence-corrected chi connectivity index (χ2v) is 2.02. The second kappa shape index (κ2) is 3.82. The van der Waals surface area contributed by atoms with Crippen LogP contribution in [-0.4, -0.2) is 32.5 Å². The van der Waals surface area contributed by atoms with Crippen LogP contribution in [0.25, 0.3) is 0 Å². The Morgan fingerprint density at radius 3 is 3.22 bits per heavy atom. The molecule has 0 aromatic heterocycles. The highest BCUT2D eigenvalue weighted by molar-refractivity contribution is 4.65. The van der Waals surface area contributed by atoms with Gasteiger partial charge in [-0.15, -0.1) is 0 Å². The van der Waals surface area contributed by atoms with Crippen molar-refractivity contribution in [2.45, 2.75) is 13.2 Å². The summed E-state index contributed by atoms with van der Waals surface area (Å²) in [6.45, 7) is 5.53. The lowest BCUT2D eigenvalue weighted by Crippen LogP contribution is -2.45. The number of hydrogen-bond acceptors (Lipinski definition) is 2. The molecule has 1 saturated heterocycles. The minimum Gasteiger partial charge on any atom is -0.361 e. The van der Waals surface area contributed by atoms with Gasteiger partial charge >= 0.3 is 0 Å². The number of rotatable bonds is 2. The zero-order chi connectivity index (χ0) is 6.53. The SMILES string of the molecule is CCOC1CNCC[N]1. The molecule has 1 aliphatic rings. The molecule has 1 heterocycles. The number of piperazine rings is 1. The summed E-state index contributed by atoms with van der Waals surface area (Å²) in [4.78, 5) is 0. The average Bonchev–Trinajstić information content (AvgIpc) is 1.91. The predicted octanol–water partition coefficient (Wildman–Crippen LogP) is -0.443. The van der Waals surface area contributed by atoms with Crippen molar-refractivity contribution in [3.63, 3.8) is 0 Å². The van der Waals surface area contributed by atoms with Gasteiger partial charge in [0.2, 0.25) is 0 Å². The molecule has 1 rings (SSSR count). The third-order valence-electron chi connectivity index (χ3n) is 1.30. The summed E-state index contributed by atoms with van der Waals surface area (Å²) in [6, 6.07) is 0. The molecule has 9 heavy (non-hydrogen) atoms. The van der Waals surface area contributed by atoms with E-state index in [1.165, 1.54) is 0 Å². The number of nitrogens with zero attached hydrogens (tertiary/aromatic N) is 1. The fraction of sp³-hybridized carbons (Fsp3) is 1.00. The van der Waals surface area contributed by atoms with Crippen molar-refractivity contribution in [3.05, 3.63) is 0 Å². The van der Waals surface area contributed by atoms with Gasteiger partial charge in [0.05, 0.1) is 0 Å². The predicted molar refractivity (Wildman–Crippen MR) is 35.3 cm³/mol. The maximum Gasteiger partial charge on any atom is 0.135 e. The molecule has 1 radical (unpaired) electrons. The first-order valence-electron chi connectivity index (χ1n) is 3.42. The van der Waals surface area contributed by atoms with Crippen molar-refractivity contribution < 1.29 is 4.74 Å². The molecular formula is C6H13N2O. The van der Waals surface area contributed by atoms with Gasteiger partial charge < -0.3 is 10.1 Å². The van der Waals surface area contributed by atoms with Crippen LogP contribution >= 0.6 is 0 Å². The molecule has 53 valence electrons. The van der Waals surface area contributed by atoms with Gasteiger partial charge in [-0.3, -0.25) is 0 Å². The number of ether oxygens (including phenoxy) is 1. The molecule has 1 atom stereocenters. The Morgan fingerprint density at radius 2 is 2.67 bits per heavy atom. The molecule has 0 aromatic carbocycles. The maximum absolute atomic E-state index is 5.25. The summed E-state index contributed by atoms with van der Waals surface area (Å²) < 4.78 is 5.25. The first kappa shape index (κ1) is 6.99. The van der Waals surface area contributed by atoms with Crippen molar-refractivity contribution in [3.8, 4) is 0 Å². The van der Waals surface area contributed by atoms with E-state index in [4.69, 9.17) is 4.74 Å². The van der Waals surface area contributed by atoms with Gasteiger partial charge in [-0.2, -0.15) is 0 Å². The van der Waals surface area contributed by atoms with Gasteiger partial charge in [-0.1, -0.05) is 0 Å². The Morgan fingerprint density at radius 1 is 1.78 bits per heavy atom. The first-order chi connectivity index (χ1) is 4.43. The Balaban J connectivity index is 2.08. The van der Waals surface area contributed by atoms with E-state index in [-0.39, 0.29) is 6.23 Å². The van der Waals surface area contributed by atoms with E-state index in [1.807, 2.05) is 6.92 Å². The Hall–Kier alpha value is -0.120. The van der Waals surface area contributed by atoms with E-state index < -0.39 is 0 Å². The summed E-state index contributed by atoms with van der Waals surface area (Å²) in [6.07, 6.45) is 0.115. The van der Waals surface area contributed by atoms with E-state index in [1.54, 1.807) is 0 Å². The van der Waals surface area contributed by atoms with E-state index in [9.17, 15) is 0 Å². The van der Waals surface area contributed by atoms with Gasteiger partial charge in [0, 0.05) is 26.2 Å². The summed E-state index contributed by atoms with van der Waals surface area (Å²) in [5, 5.41) is 7.44. The van der Waals surface area contributed by atoms with Gasteiger partial charge in [0.15, 0.2) is 0 Å². The lowest BCUT2D eigenvalue weighted by Gasteiger charge is -2.21. The van der Waals surface area contributed by atoms with Crippen molar-refractivity contribution in [2.24, 2.45) is 0 Å². The van der Waals surface area contributed by atoms with Crippen LogP contribution in [0.1, 0.15) is 6.92 Å². The minimum atomic E-state index is 0.115. The largest absolute Gasteiger partial charge is 0.361 e. The van der Waals surface area contributed by atoms with Crippen LogP contribution in [0.4, 0.5) is 0 Å². The normalized spacial score (nSPS) is 28.3. The third kappa shape index (κ3) is 2.30. The van der Waals surface area contributed by atoms with Crippen LogP contribution in [0.5, 0.6) is 0 Å². The molecule has 3 nitrogen and oxygen atoms in total. The molecule has 0 aliphatic carbocycles. The van der Waals surface area contributed by atoms with Gasteiger partial charge in [-0.25, -0.2) is 5.32 Å². The van der Waals surface area contributed by atoms with Crippen molar-refractivity contribution in [1.29, 1.82) is 0 Å². The van der Waals surface area contributed by atoms with Crippen molar-refractivity contribution >= 4 is 0 Å². The van der Waals surface area contributed by atoms with Gasteiger partial charge in [0.1, 0.15) is 6.23 Å². The highest BCUT2D eigenvalue weighted by Crippen LogP contribution is 1.90. The molecule has 1 unspecified atom stereocenters. The summed E-state index contributed by atoms with van der Waals surface area (Å²) >= 11 is 0. The van der Waals surface area contributed by atoms with Crippen LogP contribution in [0.3, 0.4) is 0 Å². The molecule has 1 aliphatic heterocycles. The quantitative estimate of drug-likeness (QED) is 0.548. The van der Waals surface area contributed by atoms with E-state index >= 15 is 0 Å². The Kier molecular flexibility index (Phi) is 2.97. The van der Waals surface area contributed by atoms with Crippen LogP contribution in [0, 0.1) is 0 Å². The third-order valence-corrected chi connectivity index (χ3v) is 1.30. The lowest BCUT2D eigenvalue weighted by atomic mass is 10.4. The van der Waals surface area contributed by atoms with Gasteiger partial charge in [0.25, 0.3) is 0 Å². The molecular weight excluding hydrogens is 116 g/mol. The zero-order valence-electron chi connectivity index (χ0n) is 5.76. The molecule has 0 spiro atoms. The minimum absolute atomic E-state index is 0.115. The monoisotopic (exact) mass is 129 g/mol. The smallest absolute Gasteiger partial charge is 0.135 e. The van der Waals surface area contributed by atoms with E-state index in [0.717, 1.165) is 26.2 Å². The lowest BCUT2D eigenvalue weighted by molar-refractivity contribution is 0.0263. The molecule has 0 bridgehead atoms. The van der Waals surface area contributed by atoms with Crippen LogP contribution in [0.15, 0.2) is 0 Å². The molecule has 1 N–H and O–H groups in total. The molecule has 0 aromatic rings. The molecule has 3 heteroatoms. The average molecular weight is 129 g/mol. The first-order valence-corrected chi connectivity index (χ1v) is 3.42. The van der Waals surface area contributed by atoms with Gasteiger partial charge in [-0.05, 0) is 6.92 Å². The van der Waals surface area contributed by atoms with E-state index in [0.29, 0.717) is 0 Å².